The molecule has 4 heterocycles. The van der Waals surface area contributed by atoms with E-state index in [1.807, 2.05) is 18.3 Å². The zero-order valence-corrected chi connectivity index (χ0v) is 11.1. The van der Waals surface area contributed by atoms with Crippen molar-refractivity contribution in [1.82, 2.24) is 15.0 Å². The van der Waals surface area contributed by atoms with E-state index in [4.69, 9.17) is 4.98 Å². The quantitative estimate of drug-likeness (QED) is 0.709. The maximum absolute atomic E-state index is 9.78. The van der Waals surface area contributed by atoms with Crippen LogP contribution in [0.5, 0.6) is 0 Å². The molecule has 0 amide bonds. The highest BCUT2D eigenvalue weighted by atomic mass is 16.3. The van der Waals surface area contributed by atoms with Gasteiger partial charge in [0.2, 0.25) is 0 Å². The zero-order chi connectivity index (χ0) is 13.5. The van der Waals surface area contributed by atoms with Gasteiger partial charge in [0.05, 0.1) is 11.6 Å². The summed E-state index contributed by atoms with van der Waals surface area (Å²) in [6.45, 7) is 1.62. The summed E-state index contributed by atoms with van der Waals surface area (Å²) in [6.07, 6.45) is 5.29. The minimum Gasteiger partial charge on any atom is -0.391 e. The molecule has 1 aliphatic rings. The summed E-state index contributed by atoms with van der Waals surface area (Å²) < 4.78 is 0. The van der Waals surface area contributed by atoms with E-state index in [1.165, 1.54) is 0 Å². The highest BCUT2D eigenvalue weighted by molar-refractivity contribution is 6.05. The van der Waals surface area contributed by atoms with Crippen molar-refractivity contribution in [3.63, 3.8) is 0 Å². The molecule has 3 aromatic rings. The molecule has 0 aliphatic carbocycles. The van der Waals surface area contributed by atoms with E-state index in [0.717, 1.165) is 47.1 Å². The number of pyridine rings is 2. The van der Waals surface area contributed by atoms with Crippen LogP contribution in [0.1, 0.15) is 12.8 Å². The predicted octanol–water partition coefficient (Wildman–Crippen LogP) is 2.07. The van der Waals surface area contributed by atoms with Gasteiger partial charge in [0.1, 0.15) is 11.5 Å². The fourth-order valence-corrected chi connectivity index (χ4v) is 2.95. The average molecular weight is 268 g/mol. The van der Waals surface area contributed by atoms with Crippen LogP contribution in [0.15, 0.2) is 30.6 Å². The summed E-state index contributed by atoms with van der Waals surface area (Å²) in [4.78, 5) is 14.3. The standard InChI is InChI=1S/C15H16N4O/c20-10-2-1-7-19(9-10)14-4-3-11-12-8-16-6-5-13(12)17-15(11)18-14/h3-6,8,10,20H,1-2,7,9H2,(H,17,18)/t10-/m0/s1. The van der Waals surface area contributed by atoms with Crippen LogP contribution in [0.2, 0.25) is 0 Å². The lowest BCUT2D eigenvalue weighted by Gasteiger charge is -2.30. The van der Waals surface area contributed by atoms with Crippen molar-refractivity contribution < 1.29 is 5.11 Å². The largest absolute Gasteiger partial charge is 0.391 e. The van der Waals surface area contributed by atoms with Crippen molar-refractivity contribution in [2.75, 3.05) is 18.0 Å². The lowest BCUT2D eigenvalue weighted by Crippen LogP contribution is -2.38. The molecule has 0 unspecified atom stereocenters. The number of aliphatic hydroxyl groups excluding tert-OH is 1. The molecule has 2 N–H and O–H groups in total. The Morgan fingerprint density at radius 3 is 3.10 bits per heavy atom. The average Bonchev–Trinajstić information content (AvgIpc) is 2.85. The molecule has 3 aromatic heterocycles. The normalized spacial score (nSPS) is 19.9. The van der Waals surface area contributed by atoms with E-state index in [2.05, 4.69) is 20.9 Å². The van der Waals surface area contributed by atoms with E-state index in [0.29, 0.717) is 6.54 Å². The molecular formula is C15H16N4O. The minimum absolute atomic E-state index is 0.242. The third-order valence-corrected chi connectivity index (χ3v) is 3.97. The monoisotopic (exact) mass is 268 g/mol. The fourth-order valence-electron chi connectivity index (χ4n) is 2.95. The second-order valence-corrected chi connectivity index (χ2v) is 5.35. The molecule has 1 saturated heterocycles. The Balaban J connectivity index is 1.80. The molecule has 5 nitrogen and oxygen atoms in total. The van der Waals surface area contributed by atoms with Crippen molar-refractivity contribution in [1.29, 1.82) is 0 Å². The molecule has 0 saturated carbocycles. The van der Waals surface area contributed by atoms with Gasteiger partial charge >= 0.3 is 0 Å². The van der Waals surface area contributed by atoms with E-state index in [9.17, 15) is 5.11 Å². The van der Waals surface area contributed by atoms with Gasteiger partial charge in [-0.05, 0) is 31.0 Å². The van der Waals surface area contributed by atoms with Crippen LogP contribution in [0.4, 0.5) is 5.82 Å². The molecule has 1 fully saturated rings. The lowest BCUT2D eigenvalue weighted by atomic mass is 10.1. The van der Waals surface area contributed by atoms with E-state index in [1.54, 1.807) is 6.20 Å². The van der Waals surface area contributed by atoms with Gasteiger partial charge in [-0.3, -0.25) is 4.98 Å². The summed E-state index contributed by atoms with van der Waals surface area (Å²) in [7, 11) is 0. The Kier molecular flexibility index (Phi) is 2.60. The Morgan fingerprint density at radius 2 is 2.20 bits per heavy atom. The number of anilines is 1. The SMILES string of the molecule is O[C@H]1CCCN(c2ccc3c(n2)[nH]c2ccncc23)C1. The van der Waals surface area contributed by atoms with Crippen LogP contribution >= 0.6 is 0 Å². The van der Waals surface area contributed by atoms with Gasteiger partial charge < -0.3 is 15.0 Å². The first-order valence-corrected chi connectivity index (χ1v) is 6.97. The highest BCUT2D eigenvalue weighted by Gasteiger charge is 2.19. The molecular weight excluding hydrogens is 252 g/mol. The van der Waals surface area contributed by atoms with Gasteiger partial charge in [0.15, 0.2) is 0 Å². The number of hydrogen-bond acceptors (Lipinski definition) is 4. The first kappa shape index (κ1) is 11.7. The van der Waals surface area contributed by atoms with Crippen LogP contribution in [0.25, 0.3) is 21.9 Å². The van der Waals surface area contributed by atoms with E-state index >= 15 is 0 Å². The van der Waals surface area contributed by atoms with E-state index in [-0.39, 0.29) is 6.10 Å². The van der Waals surface area contributed by atoms with Gasteiger partial charge in [0.25, 0.3) is 0 Å². The van der Waals surface area contributed by atoms with Crippen LogP contribution in [-0.2, 0) is 0 Å². The minimum atomic E-state index is -0.242. The second kappa shape index (κ2) is 4.45. The van der Waals surface area contributed by atoms with Crippen LogP contribution in [-0.4, -0.2) is 39.3 Å². The topological polar surface area (TPSA) is 65.0 Å². The number of nitrogens with zero attached hydrogens (tertiary/aromatic N) is 3. The number of aromatic nitrogens is 3. The number of aliphatic hydroxyl groups is 1. The molecule has 1 aliphatic heterocycles. The second-order valence-electron chi connectivity index (χ2n) is 5.35. The summed E-state index contributed by atoms with van der Waals surface area (Å²) in [5.74, 6) is 0.927. The van der Waals surface area contributed by atoms with Crippen LogP contribution < -0.4 is 4.90 Å². The Labute approximate surface area is 116 Å². The molecule has 4 rings (SSSR count). The molecule has 0 spiro atoms. The van der Waals surface area contributed by atoms with Crippen LogP contribution in [0, 0.1) is 0 Å². The van der Waals surface area contributed by atoms with Crippen molar-refractivity contribution in [3.05, 3.63) is 30.6 Å². The molecule has 1 atom stereocenters. The van der Waals surface area contributed by atoms with Crippen LogP contribution in [0.3, 0.4) is 0 Å². The summed E-state index contributed by atoms with van der Waals surface area (Å²) in [5.41, 5.74) is 1.93. The molecule has 5 heteroatoms. The maximum Gasteiger partial charge on any atom is 0.140 e. The Bertz CT molecular complexity index is 767. The van der Waals surface area contributed by atoms with Crippen molar-refractivity contribution in [3.8, 4) is 0 Å². The van der Waals surface area contributed by atoms with Crippen molar-refractivity contribution >= 4 is 27.8 Å². The Hall–Kier alpha value is -2.14. The number of piperidine rings is 1. The van der Waals surface area contributed by atoms with Gasteiger partial charge in [-0.15, -0.1) is 0 Å². The molecule has 20 heavy (non-hydrogen) atoms. The summed E-state index contributed by atoms with van der Waals surface area (Å²) >= 11 is 0. The van der Waals surface area contributed by atoms with Crippen molar-refractivity contribution in [2.24, 2.45) is 0 Å². The highest BCUT2D eigenvalue weighted by Crippen LogP contribution is 2.26. The number of nitrogens with one attached hydrogen (secondary N) is 1. The number of hydrogen-bond donors (Lipinski definition) is 2. The van der Waals surface area contributed by atoms with Gasteiger partial charge in [0, 0.05) is 36.3 Å². The van der Waals surface area contributed by atoms with E-state index < -0.39 is 0 Å². The number of H-pyrrole nitrogens is 1. The fraction of sp³-hybridized carbons (Fsp3) is 0.333. The number of fused-ring (bicyclic) bond motifs is 3. The molecule has 0 bridgehead atoms. The Morgan fingerprint density at radius 1 is 1.25 bits per heavy atom. The molecule has 0 aromatic carbocycles. The number of rotatable bonds is 1. The van der Waals surface area contributed by atoms with Gasteiger partial charge in [-0.25, -0.2) is 4.98 Å². The first-order chi connectivity index (χ1) is 9.81. The molecule has 102 valence electrons. The van der Waals surface area contributed by atoms with Crippen molar-refractivity contribution in [2.45, 2.75) is 18.9 Å². The maximum atomic E-state index is 9.78. The van der Waals surface area contributed by atoms with Gasteiger partial charge in [-0.2, -0.15) is 0 Å². The predicted molar refractivity (Wildman–Crippen MR) is 78.8 cm³/mol. The third kappa shape index (κ3) is 1.82. The third-order valence-electron chi connectivity index (χ3n) is 3.97. The lowest BCUT2D eigenvalue weighted by molar-refractivity contribution is 0.154. The van der Waals surface area contributed by atoms with Gasteiger partial charge in [-0.1, -0.05) is 0 Å². The summed E-state index contributed by atoms with van der Waals surface area (Å²) in [6, 6.07) is 6.07. The first-order valence-electron chi connectivity index (χ1n) is 6.97. The molecule has 0 radical (unpaired) electrons. The summed E-state index contributed by atoms with van der Waals surface area (Å²) in [5, 5.41) is 12.0. The zero-order valence-electron chi connectivity index (χ0n) is 11.1. The number of β-amino-alcohol motifs (C(OH)–C–C–N with tert-alkyl or cyclic N) is 1. The number of aromatic amines is 1. The smallest absolute Gasteiger partial charge is 0.140 e.